The van der Waals surface area contributed by atoms with Crippen LogP contribution in [-0.2, 0) is 9.84 Å². The molecule has 4 aromatic carbocycles. The fraction of sp³-hybridized carbons (Fsp3) is 0.0370. The Kier molecular flexibility index (Phi) is 6.07. The molecule has 9 heteroatoms. The number of sulfone groups is 1. The van der Waals surface area contributed by atoms with E-state index in [4.69, 9.17) is 11.6 Å². The van der Waals surface area contributed by atoms with E-state index in [0.29, 0.717) is 33.1 Å². The van der Waals surface area contributed by atoms with Crippen molar-refractivity contribution in [3.05, 3.63) is 101 Å². The van der Waals surface area contributed by atoms with Crippen molar-refractivity contribution in [3.8, 4) is 22.4 Å². The SMILES string of the molecule is CS(=O)(=O)c1ccc(C(=O)Nc2ccc(Cl)c(-c3n[nH]c4ccccc34)c2)c(-c2ccc(F)cc2)c1. The molecule has 0 aliphatic heterocycles. The average molecular weight is 520 g/mol. The molecule has 6 nitrogen and oxygen atoms in total. The first-order chi connectivity index (χ1) is 17.2. The Hall–Kier alpha value is -4.01. The number of rotatable bonds is 5. The number of carbonyl (C=O) groups excluding carboxylic acids is 1. The Bertz CT molecular complexity index is 1730. The van der Waals surface area contributed by atoms with Gasteiger partial charge < -0.3 is 5.32 Å². The number of nitrogens with zero attached hydrogens (tertiary/aromatic N) is 1. The van der Waals surface area contributed by atoms with Crippen molar-refractivity contribution >= 4 is 43.9 Å². The van der Waals surface area contributed by atoms with Crippen molar-refractivity contribution in [2.75, 3.05) is 11.6 Å². The van der Waals surface area contributed by atoms with Crippen LogP contribution in [0.15, 0.2) is 89.8 Å². The second kappa shape index (κ2) is 9.22. The summed E-state index contributed by atoms with van der Waals surface area (Å²) in [6.07, 6.45) is 1.09. The van der Waals surface area contributed by atoms with Crippen LogP contribution in [0.5, 0.6) is 0 Å². The molecule has 5 rings (SSSR count). The van der Waals surface area contributed by atoms with Crippen molar-refractivity contribution in [1.29, 1.82) is 0 Å². The third-order valence-electron chi connectivity index (χ3n) is 5.77. The van der Waals surface area contributed by atoms with Crippen LogP contribution in [0.2, 0.25) is 5.02 Å². The standard InChI is InChI=1S/C27H19ClFN3O3S/c1-36(34,35)19-11-12-20(22(15-19)16-6-8-17(29)9-7-16)27(33)30-18-10-13-24(28)23(14-18)26-21-4-2-3-5-25(21)31-32-26/h2-15H,1H3,(H,30,33)(H,31,32). The number of carbonyl (C=O) groups is 1. The number of hydrogen-bond donors (Lipinski definition) is 2. The molecule has 0 aliphatic carbocycles. The zero-order valence-electron chi connectivity index (χ0n) is 18.9. The highest BCUT2D eigenvalue weighted by Gasteiger charge is 2.19. The van der Waals surface area contributed by atoms with Crippen molar-refractivity contribution in [1.82, 2.24) is 10.2 Å². The number of para-hydroxylation sites is 1. The van der Waals surface area contributed by atoms with Crippen molar-refractivity contribution in [2.24, 2.45) is 0 Å². The van der Waals surface area contributed by atoms with Gasteiger partial charge in [0.2, 0.25) is 0 Å². The summed E-state index contributed by atoms with van der Waals surface area (Å²) >= 11 is 6.47. The molecule has 0 aliphatic rings. The third kappa shape index (κ3) is 4.60. The highest BCUT2D eigenvalue weighted by Crippen LogP contribution is 2.34. The number of hydrogen-bond acceptors (Lipinski definition) is 4. The number of benzene rings is 4. The van der Waals surface area contributed by atoms with Gasteiger partial charge in [0.15, 0.2) is 9.84 Å². The summed E-state index contributed by atoms with van der Waals surface area (Å²) < 4.78 is 37.8. The van der Waals surface area contributed by atoms with Crippen LogP contribution in [0.1, 0.15) is 10.4 Å². The lowest BCUT2D eigenvalue weighted by Gasteiger charge is -2.13. The molecular formula is C27H19ClFN3O3S. The van der Waals surface area contributed by atoms with E-state index < -0.39 is 21.6 Å². The van der Waals surface area contributed by atoms with Gasteiger partial charge in [0.1, 0.15) is 11.5 Å². The predicted octanol–water partition coefficient (Wildman–Crippen LogP) is 6.35. The van der Waals surface area contributed by atoms with Gasteiger partial charge in [-0.3, -0.25) is 9.89 Å². The maximum atomic E-state index is 13.5. The Balaban J connectivity index is 1.54. The zero-order valence-corrected chi connectivity index (χ0v) is 20.5. The molecule has 0 fully saturated rings. The highest BCUT2D eigenvalue weighted by atomic mass is 35.5. The van der Waals surface area contributed by atoms with Crippen molar-refractivity contribution in [2.45, 2.75) is 4.90 Å². The smallest absolute Gasteiger partial charge is 0.256 e. The summed E-state index contributed by atoms with van der Waals surface area (Å²) in [6.45, 7) is 0. The summed E-state index contributed by atoms with van der Waals surface area (Å²) in [7, 11) is -3.53. The summed E-state index contributed by atoms with van der Waals surface area (Å²) in [5, 5.41) is 11.6. The summed E-state index contributed by atoms with van der Waals surface area (Å²) in [5.41, 5.74) is 3.72. The predicted molar refractivity (Wildman–Crippen MR) is 139 cm³/mol. The summed E-state index contributed by atoms with van der Waals surface area (Å²) in [4.78, 5) is 13.4. The number of fused-ring (bicyclic) bond motifs is 1. The number of aromatic nitrogens is 2. The van der Waals surface area contributed by atoms with E-state index in [1.54, 1.807) is 18.2 Å². The Morgan fingerprint density at radius 1 is 0.944 bits per heavy atom. The first-order valence-electron chi connectivity index (χ1n) is 10.8. The molecule has 0 unspecified atom stereocenters. The molecule has 1 heterocycles. The number of amides is 1. The highest BCUT2D eigenvalue weighted by molar-refractivity contribution is 7.90. The van der Waals surface area contributed by atoms with Gasteiger partial charge in [-0.2, -0.15) is 5.10 Å². The van der Waals surface area contributed by atoms with Gasteiger partial charge in [0.05, 0.1) is 15.4 Å². The molecule has 5 aromatic rings. The fourth-order valence-corrected chi connectivity index (χ4v) is 4.83. The van der Waals surface area contributed by atoms with Crippen LogP contribution in [-0.4, -0.2) is 30.8 Å². The monoisotopic (exact) mass is 519 g/mol. The lowest BCUT2D eigenvalue weighted by Crippen LogP contribution is -2.14. The second-order valence-corrected chi connectivity index (χ2v) is 10.7. The van der Waals surface area contributed by atoms with Gasteiger partial charge in [-0.1, -0.05) is 41.9 Å². The normalized spacial score (nSPS) is 11.5. The average Bonchev–Trinajstić information content (AvgIpc) is 3.29. The summed E-state index contributed by atoms with van der Waals surface area (Å²) in [5.74, 6) is -0.905. The number of halogens is 2. The number of anilines is 1. The van der Waals surface area contributed by atoms with Gasteiger partial charge in [0.25, 0.3) is 5.91 Å². The summed E-state index contributed by atoms with van der Waals surface area (Å²) in [6, 6.07) is 22.4. The first kappa shape index (κ1) is 23.7. The molecule has 0 atom stereocenters. The molecular weight excluding hydrogens is 501 g/mol. The van der Waals surface area contributed by atoms with Crippen LogP contribution in [0, 0.1) is 5.82 Å². The molecule has 1 amide bonds. The Morgan fingerprint density at radius 2 is 1.69 bits per heavy atom. The van der Waals surface area contributed by atoms with E-state index in [1.807, 2.05) is 24.3 Å². The van der Waals surface area contributed by atoms with Crippen LogP contribution < -0.4 is 5.32 Å². The molecule has 36 heavy (non-hydrogen) atoms. The van der Waals surface area contributed by atoms with Gasteiger partial charge in [-0.25, -0.2) is 12.8 Å². The van der Waals surface area contributed by atoms with Gasteiger partial charge in [-0.15, -0.1) is 0 Å². The number of nitrogens with one attached hydrogen (secondary N) is 2. The van der Waals surface area contributed by atoms with E-state index in [-0.39, 0.29) is 10.5 Å². The molecule has 0 bridgehead atoms. The first-order valence-corrected chi connectivity index (χ1v) is 13.1. The molecule has 0 saturated heterocycles. The van der Waals surface area contributed by atoms with Gasteiger partial charge >= 0.3 is 0 Å². The van der Waals surface area contributed by atoms with E-state index in [9.17, 15) is 17.6 Å². The number of aromatic amines is 1. The molecule has 0 saturated carbocycles. The minimum absolute atomic E-state index is 0.0533. The van der Waals surface area contributed by atoms with Crippen LogP contribution in [0.3, 0.4) is 0 Å². The fourth-order valence-electron chi connectivity index (χ4n) is 3.97. The van der Waals surface area contributed by atoms with Crippen LogP contribution in [0.4, 0.5) is 10.1 Å². The molecule has 0 spiro atoms. The maximum Gasteiger partial charge on any atom is 0.256 e. The van der Waals surface area contributed by atoms with Gasteiger partial charge in [0, 0.05) is 28.5 Å². The minimum atomic E-state index is -3.53. The molecule has 2 N–H and O–H groups in total. The van der Waals surface area contributed by atoms with Gasteiger partial charge in [-0.05, 0) is 65.7 Å². The lowest BCUT2D eigenvalue weighted by molar-refractivity contribution is 0.102. The van der Waals surface area contributed by atoms with E-state index in [1.165, 1.54) is 42.5 Å². The zero-order chi connectivity index (χ0) is 25.4. The molecule has 1 aromatic heterocycles. The Morgan fingerprint density at radius 3 is 2.44 bits per heavy atom. The van der Waals surface area contributed by atoms with Crippen molar-refractivity contribution in [3.63, 3.8) is 0 Å². The number of H-pyrrole nitrogens is 1. The van der Waals surface area contributed by atoms with Crippen molar-refractivity contribution < 1.29 is 17.6 Å². The molecule has 0 radical (unpaired) electrons. The van der Waals surface area contributed by atoms with Crippen LogP contribution in [0.25, 0.3) is 33.3 Å². The topological polar surface area (TPSA) is 91.9 Å². The minimum Gasteiger partial charge on any atom is -0.322 e. The van der Waals surface area contributed by atoms with E-state index in [2.05, 4.69) is 15.5 Å². The largest absolute Gasteiger partial charge is 0.322 e. The maximum absolute atomic E-state index is 13.5. The van der Waals surface area contributed by atoms with E-state index >= 15 is 0 Å². The lowest BCUT2D eigenvalue weighted by atomic mass is 9.99. The second-order valence-electron chi connectivity index (χ2n) is 8.25. The Labute approximate surface area is 211 Å². The quantitative estimate of drug-likeness (QED) is 0.283. The van der Waals surface area contributed by atoms with E-state index in [0.717, 1.165) is 17.2 Å². The third-order valence-corrected chi connectivity index (χ3v) is 7.21. The molecule has 180 valence electrons. The van der Waals surface area contributed by atoms with Crippen LogP contribution >= 0.6 is 11.6 Å².